The van der Waals surface area contributed by atoms with Crippen LogP contribution >= 0.6 is 0 Å². The number of carbonyl (C=O) groups excluding carboxylic acids is 2. The molecule has 0 aliphatic heterocycles. The van der Waals surface area contributed by atoms with E-state index in [4.69, 9.17) is 10.5 Å². The fourth-order valence-corrected chi connectivity index (χ4v) is 1.54. The first-order valence-corrected chi connectivity index (χ1v) is 6.32. The van der Waals surface area contributed by atoms with Gasteiger partial charge in [0.2, 0.25) is 11.8 Å². The summed E-state index contributed by atoms with van der Waals surface area (Å²) >= 11 is 0. The van der Waals surface area contributed by atoms with Crippen molar-refractivity contribution < 1.29 is 14.3 Å². The number of methoxy groups -OCH3 is 1. The number of ether oxygens (including phenoxy) is 1. The summed E-state index contributed by atoms with van der Waals surface area (Å²) in [4.78, 5) is 23.1. The lowest BCUT2D eigenvalue weighted by Gasteiger charge is -2.10. The van der Waals surface area contributed by atoms with Crippen LogP contribution in [-0.4, -0.2) is 48.4 Å². The van der Waals surface area contributed by atoms with Crippen LogP contribution in [0, 0.1) is 0 Å². The summed E-state index contributed by atoms with van der Waals surface area (Å²) in [6.45, 7) is 1.16. The van der Waals surface area contributed by atoms with Crippen LogP contribution < -0.4 is 16.4 Å². The van der Waals surface area contributed by atoms with Crippen molar-refractivity contribution >= 4 is 11.8 Å². The van der Waals surface area contributed by atoms with Crippen molar-refractivity contribution in [2.75, 3.05) is 26.8 Å². The van der Waals surface area contributed by atoms with Crippen molar-refractivity contribution in [3.8, 4) is 0 Å². The molecule has 0 aromatic carbocycles. The zero-order valence-corrected chi connectivity index (χ0v) is 11.8. The standard InChI is InChI=1S/C12H21N5O3/c1-17-8-9(7-16-17)11(13)12(19)15-4-3-10(18)14-5-6-20-2/h7-8,11H,3-6,13H2,1-2H3,(H,14,18)(H,15,19). The molecule has 0 aliphatic carbocycles. The Bertz CT molecular complexity index is 446. The average molecular weight is 283 g/mol. The maximum absolute atomic E-state index is 11.8. The molecular formula is C12H21N5O3. The highest BCUT2D eigenvalue weighted by Crippen LogP contribution is 2.07. The Labute approximate surface area is 117 Å². The van der Waals surface area contributed by atoms with Crippen molar-refractivity contribution in [1.82, 2.24) is 20.4 Å². The fraction of sp³-hybridized carbons (Fsp3) is 0.583. The number of aromatic nitrogens is 2. The lowest BCUT2D eigenvalue weighted by Crippen LogP contribution is -2.37. The van der Waals surface area contributed by atoms with Gasteiger partial charge in [0.25, 0.3) is 0 Å². The first-order valence-electron chi connectivity index (χ1n) is 6.32. The number of aryl methyl sites for hydroxylation is 1. The Morgan fingerprint density at radius 3 is 2.80 bits per heavy atom. The first kappa shape index (κ1) is 16.1. The first-order chi connectivity index (χ1) is 9.54. The van der Waals surface area contributed by atoms with E-state index in [0.29, 0.717) is 18.7 Å². The maximum Gasteiger partial charge on any atom is 0.241 e. The molecular weight excluding hydrogens is 262 g/mol. The number of nitrogens with two attached hydrogens (primary N) is 1. The Balaban J connectivity index is 2.24. The molecule has 0 radical (unpaired) electrons. The zero-order chi connectivity index (χ0) is 15.0. The molecule has 1 heterocycles. The lowest BCUT2D eigenvalue weighted by atomic mass is 10.1. The normalized spacial score (nSPS) is 11.9. The lowest BCUT2D eigenvalue weighted by molar-refractivity contribution is -0.123. The van der Waals surface area contributed by atoms with E-state index in [0.717, 1.165) is 0 Å². The SMILES string of the molecule is COCCNC(=O)CCNC(=O)C(N)c1cnn(C)c1. The smallest absolute Gasteiger partial charge is 0.241 e. The monoisotopic (exact) mass is 283 g/mol. The molecule has 1 aromatic rings. The van der Waals surface area contributed by atoms with Crippen LogP contribution in [0.3, 0.4) is 0 Å². The molecule has 8 nitrogen and oxygen atoms in total. The van der Waals surface area contributed by atoms with Gasteiger partial charge in [-0.05, 0) is 0 Å². The van der Waals surface area contributed by atoms with Crippen molar-refractivity contribution in [1.29, 1.82) is 0 Å². The number of nitrogens with zero attached hydrogens (tertiary/aromatic N) is 2. The van der Waals surface area contributed by atoms with Crippen molar-refractivity contribution in [3.63, 3.8) is 0 Å². The molecule has 0 fully saturated rings. The van der Waals surface area contributed by atoms with Gasteiger partial charge in [-0.25, -0.2) is 0 Å². The van der Waals surface area contributed by atoms with Gasteiger partial charge in [-0.1, -0.05) is 0 Å². The van der Waals surface area contributed by atoms with E-state index in [-0.39, 0.29) is 24.8 Å². The number of amides is 2. The predicted molar refractivity (Wildman–Crippen MR) is 72.6 cm³/mol. The minimum absolute atomic E-state index is 0.141. The summed E-state index contributed by atoms with van der Waals surface area (Å²) in [6, 6.07) is -0.778. The van der Waals surface area contributed by atoms with Crippen LogP contribution in [0.1, 0.15) is 18.0 Å². The second-order valence-electron chi connectivity index (χ2n) is 4.31. The van der Waals surface area contributed by atoms with E-state index in [2.05, 4.69) is 15.7 Å². The summed E-state index contributed by atoms with van der Waals surface area (Å²) < 4.78 is 6.38. The zero-order valence-electron chi connectivity index (χ0n) is 11.8. The van der Waals surface area contributed by atoms with Crippen LogP contribution in [0.25, 0.3) is 0 Å². The Hall–Kier alpha value is -1.93. The van der Waals surface area contributed by atoms with Gasteiger partial charge in [-0.3, -0.25) is 14.3 Å². The van der Waals surface area contributed by atoms with Gasteiger partial charge in [0.15, 0.2) is 0 Å². The second-order valence-corrected chi connectivity index (χ2v) is 4.31. The van der Waals surface area contributed by atoms with Gasteiger partial charge in [0.05, 0.1) is 12.8 Å². The van der Waals surface area contributed by atoms with Gasteiger partial charge in [-0.2, -0.15) is 5.10 Å². The molecule has 1 unspecified atom stereocenters. The number of hydrogen-bond acceptors (Lipinski definition) is 5. The highest BCUT2D eigenvalue weighted by molar-refractivity contribution is 5.83. The molecule has 112 valence electrons. The molecule has 0 spiro atoms. The Morgan fingerprint density at radius 2 is 2.20 bits per heavy atom. The van der Waals surface area contributed by atoms with Gasteiger partial charge in [-0.15, -0.1) is 0 Å². The molecule has 4 N–H and O–H groups in total. The molecule has 1 atom stereocenters. The van der Waals surface area contributed by atoms with Gasteiger partial charge < -0.3 is 21.1 Å². The van der Waals surface area contributed by atoms with E-state index in [1.807, 2.05) is 0 Å². The minimum Gasteiger partial charge on any atom is -0.383 e. The van der Waals surface area contributed by atoms with Crippen LogP contribution in [0.15, 0.2) is 12.4 Å². The molecule has 2 amide bonds. The Morgan fingerprint density at radius 1 is 1.45 bits per heavy atom. The third-order valence-corrected chi connectivity index (χ3v) is 2.65. The van der Waals surface area contributed by atoms with Crippen LogP contribution in [0.4, 0.5) is 0 Å². The largest absolute Gasteiger partial charge is 0.383 e. The molecule has 1 aromatic heterocycles. The fourth-order valence-electron chi connectivity index (χ4n) is 1.54. The number of carbonyl (C=O) groups is 2. The highest BCUT2D eigenvalue weighted by Gasteiger charge is 2.16. The van der Waals surface area contributed by atoms with Crippen LogP contribution in [-0.2, 0) is 21.4 Å². The summed E-state index contributed by atoms with van der Waals surface area (Å²) in [5.74, 6) is -0.472. The van der Waals surface area contributed by atoms with E-state index >= 15 is 0 Å². The summed E-state index contributed by atoms with van der Waals surface area (Å²) in [6.07, 6.45) is 3.43. The number of hydrogen-bond donors (Lipinski definition) is 3. The molecule has 8 heteroatoms. The molecule has 0 bridgehead atoms. The minimum atomic E-state index is -0.778. The van der Waals surface area contributed by atoms with Gasteiger partial charge >= 0.3 is 0 Å². The van der Waals surface area contributed by atoms with E-state index in [1.165, 1.54) is 0 Å². The maximum atomic E-state index is 11.8. The van der Waals surface area contributed by atoms with E-state index in [9.17, 15) is 9.59 Å². The average Bonchev–Trinajstić information content (AvgIpc) is 2.84. The molecule has 0 aliphatic rings. The predicted octanol–water partition coefficient (Wildman–Crippen LogP) is -1.31. The molecule has 20 heavy (non-hydrogen) atoms. The summed E-state index contributed by atoms with van der Waals surface area (Å²) in [5, 5.41) is 9.23. The van der Waals surface area contributed by atoms with Crippen LogP contribution in [0.5, 0.6) is 0 Å². The third kappa shape index (κ3) is 5.37. The van der Waals surface area contributed by atoms with Crippen molar-refractivity contribution in [3.05, 3.63) is 18.0 Å². The van der Waals surface area contributed by atoms with Crippen LogP contribution in [0.2, 0.25) is 0 Å². The van der Waals surface area contributed by atoms with E-state index in [1.54, 1.807) is 31.2 Å². The number of nitrogens with one attached hydrogen (secondary N) is 2. The Kier molecular flexibility index (Phi) is 6.68. The van der Waals surface area contributed by atoms with Crippen molar-refractivity contribution in [2.24, 2.45) is 12.8 Å². The molecule has 0 saturated heterocycles. The van der Waals surface area contributed by atoms with Gasteiger partial charge in [0, 0.05) is 45.4 Å². The topological polar surface area (TPSA) is 111 Å². The second kappa shape index (κ2) is 8.28. The molecule has 0 saturated carbocycles. The highest BCUT2D eigenvalue weighted by atomic mass is 16.5. The quantitative estimate of drug-likeness (QED) is 0.513. The number of rotatable bonds is 8. The van der Waals surface area contributed by atoms with E-state index < -0.39 is 6.04 Å². The summed E-state index contributed by atoms with van der Waals surface area (Å²) in [7, 11) is 3.31. The van der Waals surface area contributed by atoms with Crippen molar-refractivity contribution in [2.45, 2.75) is 12.5 Å². The third-order valence-electron chi connectivity index (χ3n) is 2.65. The van der Waals surface area contributed by atoms with Gasteiger partial charge in [0.1, 0.15) is 6.04 Å². The molecule has 1 rings (SSSR count). The summed E-state index contributed by atoms with van der Waals surface area (Å²) in [5.41, 5.74) is 6.42.